The number of anilines is 1. The van der Waals surface area contributed by atoms with Gasteiger partial charge in [0.1, 0.15) is 11.3 Å². The summed E-state index contributed by atoms with van der Waals surface area (Å²) in [6, 6.07) is 11.0. The number of benzene rings is 1. The van der Waals surface area contributed by atoms with Crippen LogP contribution in [-0.4, -0.2) is 28.0 Å². The van der Waals surface area contributed by atoms with Gasteiger partial charge >= 0.3 is 0 Å². The quantitative estimate of drug-likeness (QED) is 0.694. The van der Waals surface area contributed by atoms with E-state index in [1.807, 2.05) is 29.7 Å². The number of ether oxygens (including phenoxy) is 1. The summed E-state index contributed by atoms with van der Waals surface area (Å²) in [7, 11) is 1.60. The molecule has 0 radical (unpaired) electrons. The second-order valence-electron chi connectivity index (χ2n) is 7.23. The molecule has 2 aromatic heterocycles. The number of methoxy groups -OCH3 is 1. The molecule has 0 saturated carbocycles. The van der Waals surface area contributed by atoms with E-state index in [0.717, 1.165) is 23.2 Å². The maximum absolute atomic E-state index is 13.0. The first kappa shape index (κ1) is 19.0. The van der Waals surface area contributed by atoms with Gasteiger partial charge in [-0.3, -0.25) is 19.1 Å². The number of hydrogen-bond acceptors (Lipinski definition) is 4. The lowest BCUT2D eigenvalue weighted by molar-refractivity contribution is -0.116. The number of nitrogens with one attached hydrogen (secondary N) is 1. The third kappa shape index (κ3) is 3.81. The second kappa shape index (κ2) is 7.95. The molecule has 3 aromatic rings. The third-order valence-corrected chi connectivity index (χ3v) is 5.11. The van der Waals surface area contributed by atoms with Crippen LogP contribution in [0.1, 0.15) is 26.2 Å². The van der Waals surface area contributed by atoms with E-state index >= 15 is 0 Å². The summed E-state index contributed by atoms with van der Waals surface area (Å²) in [6.07, 6.45) is 5.74. The molecule has 1 aliphatic heterocycles. The van der Waals surface area contributed by atoms with E-state index in [1.165, 1.54) is 0 Å². The Hall–Kier alpha value is -3.35. The van der Waals surface area contributed by atoms with Crippen molar-refractivity contribution < 1.29 is 9.53 Å². The minimum Gasteiger partial charge on any atom is -0.497 e. The summed E-state index contributed by atoms with van der Waals surface area (Å²) in [5, 5.41) is 3.82. The number of amides is 1. The van der Waals surface area contributed by atoms with E-state index in [9.17, 15) is 9.59 Å². The van der Waals surface area contributed by atoms with Crippen LogP contribution in [0.3, 0.4) is 0 Å². The van der Waals surface area contributed by atoms with E-state index in [4.69, 9.17) is 9.73 Å². The molecular weight excluding hydrogens is 368 g/mol. The number of hydrogen-bond donors (Lipinski definition) is 1. The van der Waals surface area contributed by atoms with Gasteiger partial charge in [-0.1, -0.05) is 6.08 Å². The van der Waals surface area contributed by atoms with Crippen LogP contribution in [0.5, 0.6) is 5.75 Å². The Bertz CT molecular complexity index is 1220. The number of nitrogens with zero attached hydrogens (tertiary/aromatic N) is 3. The van der Waals surface area contributed by atoms with Crippen molar-refractivity contribution in [1.29, 1.82) is 0 Å². The zero-order chi connectivity index (χ0) is 20.4. The number of aromatic nitrogens is 2. The topological polar surface area (TPSA) is 77.1 Å². The van der Waals surface area contributed by atoms with Crippen molar-refractivity contribution in [1.82, 2.24) is 8.97 Å². The molecule has 0 bridgehead atoms. The fourth-order valence-electron chi connectivity index (χ4n) is 3.62. The number of rotatable bonds is 6. The molecule has 1 atom stereocenters. The minimum absolute atomic E-state index is 0.0736. The van der Waals surface area contributed by atoms with Gasteiger partial charge in [-0.15, -0.1) is 0 Å². The lowest BCUT2D eigenvalue weighted by Gasteiger charge is -2.14. The van der Waals surface area contributed by atoms with Crippen molar-refractivity contribution in [3.8, 4) is 5.75 Å². The van der Waals surface area contributed by atoms with Crippen LogP contribution in [0.2, 0.25) is 0 Å². The van der Waals surface area contributed by atoms with Crippen molar-refractivity contribution in [3.05, 3.63) is 63.8 Å². The third-order valence-electron chi connectivity index (χ3n) is 5.11. The van der Waals surface area contributed by atoms with Gasteiger partial charge in [0.15, 0.2) is 5.49 Å². The predicted octanol–water partition coefficient (Wildman–Crippen LogP) is 1.72. The van der Waals surface area contributed by atoms with E-state index in [1.54, 1.807) is 35.9 Å². The Labute approximate surface area is 168 Å². The standard InChI is InChI=1S/C22H24N4O3/c1-15-7-12-18-21(23-15)26(22(28)19-5-3-13-25(18)19)14-4-6-20(27)24-16-8-10-17(29-2)11-9-16/h3,5,8-13,15H,4,6-7,14H2,1-2H3,(H,24,27). The minimum atomic E-state index is -0.0854. The normalized spacial score (nSPS) is 15.3. The van der Waals surface area contributed by atoms with Gasteiger partial charge in [-0.2, -0.15) is 0 Å². The number of carbonyl (C=O) groups excluding carboxylic acids is 1. The Morgan fingerprint density at radius 3 is 2.83 bits per heavy atom. The van der Waals surface area contributed by atoms with E-state index in [2.05, 4.69) is 11.4 Å². The van der Waals surface area contributed by atoms with Crippen LogP contribution in [0.25, 0.3) is 11.6 Å². The average Bonchev–Trinajstić information content (AvgIpc) is 3.21. The molecule has 1 unspecified atom stereocenters. The zero-order valence-electron chi connectivity index (χ0n) is 16.6. The summed E-state index contributed by atoms with van der Waals surface area (Å²) in [6.45, 7) is 2.49. The van der Waals surface area contributed by atoms with Crippen LogP contribution >= 0.6 is 0 Å². The largest absolute Gasteiger partial charge is 0.497 e. The molecule has 29 heavy (non-hydrogen) atoms. The van der Waals surface area contributed by atoms with E-state index in [-0.39, 0.29) is 17.5 Å². The lowest BCUT2D eigenvalue weighted by Crippen LogP contribution is -2.49. The van der Waals surface area contributed by atoms with Gasteiger partial charge in [0.2, 0.25) is 5.91 Å². The molecule has 1 aromatic carbocycles. The highest BCUT2D eigenvalue weighted by Crippen LogP contribution is 2.15. The molecule has 1 amide bonds. The molecule has 0 spiro atoms. The summed E-state index contributed by atoms with van der Waals surface area (Å²) < 4.78 is 8.73. The molecule has 0 saturated heterocycles. The first-order chi connectivity index (χ1) is 14.1. The van der Waals surface area contributed by atoms with Crippen LogP contribution in [0.4, 0.5) is 5.69 Å². The fourth-order valence-corrected chi connectivity index (χ4v) is 3.62. The highest BCUT2D eigenvalue weighted by molar-refractivity contribution is 5.90. The van der Waals surface area contributed by atoms with Crippen LogP contribution in [0.15, 0.2) is 52.4 Å². The second-order valence-corrected chi connectivity index (χ2v) is 7.23. The molecule has 0 aliphatic carbocycles. The Balaban J connectivity index is 1.51. The van der Waals surface area contributed by atoms with Crippen molar-refractivity contribution in [2.45, 2.75) is 38.8 Å². The van der Waals surface area contributed by atoms with Crippen LogP contribution in [-0.2, 0) is 11.3 Å². The van der Waals surface area contributed by atoms with Crippen molar-refractivity contribution in [3.63, 3.8) is 0 Å². The molecule has 1 aliphatic rings. The molecular formula is C22H24N4O3. The average molecular weight is 392 g/mol. The molecule has 7 nitrogen and oxygen atoms in total. The molecule has 1 N–H and O–H groups in total. The predicted molar refractivity (Wildman–Crippen MR) is 112 cm³/mol. The van der Waals surface area contributed by atoms with E-state index in [0.29, 0.717) is 30.4 Å². The molecule has 150 valence electrons. The van der Waals surface area contributed by atoms with Crippen molar-refractivity contribution >= 4 is 23.2 Å². The highest BCUT2D eigenvalue weighted by Gasteiger charge is 2.13. The smallest absolute Gasteiger partial charge is 0.276 e. The first-order valence-electron chi connectivity index (χ1n) is 9.78. The van der Waals surface area contributed by atoms with E-state index < -0.39 is 0 Å². The monoisotopic (exact) mass is 392 g/mol. The SMILES string of the molecule is COc1ccc(NC(=O)CCCn2c3c(n4cccc4c2=O)=CCC(C)N=3)cc1. The van der Waals surface area contributed by atoms with Gasteiger partial charge in [-0.05, 0) is 56.2 Å². The summed E-state index contributed by atoms with van der Waals surface area (Å²) in [5.74, 6) is 0.653. The molecule has 7 heteroatoms. The Morgan fingerprint density at radius 1 is 1.28 bits per heavy atom. The highest BCUT2D eigenvalue weighted by atomic mass is 16.5. The molecule has 3 heterocycles. The zero-order valence-corrected chi connectivity index (χ0v) is 16.6. The van der Waals surface area contributed by atoms with Gasteiger partial charge in [0.25, 0.3) is 5.56 Å². The lowest BCUT2D eigenvalue weighted by atomic mass is 10.2. The van der Waals surface area contributed by atoms with Crippen LogP contribution in [0, 0.1) is 0 Å². The van der Waals surface area contributed by atoms with Gasteiger partial charge in [-0.25, -0.2) is 0 Å². The molecule has 4 rings (SSSR count). The van der Waals surface area contributed by atoms with Crippen LogP contribution < -0.4 is 26.4 Å². The van der Waals surface area contributed by atoms with Gasteiger partial charge in [0.05, 0.1) is 18.5 Å². The molecule has 0 fully saturated rings. The fraction of sp³-hybridized carbons (Fsp3) is 0.318. The summed E-state index contributed by atoms with van der Waals surface area (Å²) in [5.41, 5.74) is 1.98. The van der Waals surface area contributed by atoms with Crippen molar-refractivity contribution in [2.75, 3.05) is 12.4 Å². The Morgan fingerprint density at radius 2 is 2.07 bits per heavy atom. The maximum Gasteiger partial charge on any atom is 0.276 e. The first-order valence-corrected chi connectivity index (χ1v) is 9.78. The maximum atomic E-state index is 13.0. The number of carbonyl (C=O) groups is 1. The van der Waals surface area contributed by atoms with Crippen molar-refractivity contribution in [2.24, 2.45) is 4.99 Å². The Kier molecular flexibility index (Phi) is 5.20. The summed E-state index contributed by atoms with van der Waals surface area (Å²) >= 11 is 0. The van der Waals surface area contributed by atoms with Gasteiger partial charge < -0.3 is 14.5 Å². The summed E-state index contributed by atoms with van der Waals surface area (Å²) in [4.78, 5) is 30.0. The van der Waals surface area contributed by atoms with Gasteiger partial charge in [0, 0.05) is 24.8 Å². The number of fused-ring (bicyclic) bond motifs is 3.